The highest BCUT2D eigenvalue weighted by atomic mass is 35.5. The third-order valence-electron chi connectivity index (χ3n) is 2.20. The molecule has 0 atom stereocenters. The van der Waals surface area contributed by atoms with Crippen molar-refractivity contribution in [3.05, 3.63) is 0 Å². The van der Waals surface area contributed by atoms with Crippen LogP contribution in [-0.4, -0.2) is 19.8 Å². The molecule has 0 aromatic heterocycles. The quantitative estimate of drug-likeness (QED) is 0.560. The zero-order valence-corrected chi connectivity index (χ0v) is 9.64. The number of oxime groups is 1. The Morgan fingerprint density at radius 1 is 1.36 bits per heavy atom. The molecule has 0 aliphatic heterocycles. The van der Waals surface area contributed by atoms with Crippen LogP contribution >= 0.6 is 11.6 Å². The first-order valence-corrected chi connectivity index (χ1v) is 6.80. The summed E-state index contributed by atoms with van der Waals surface area (Å²) < 4.78 is 25.5. The minimum absolute atomic E-state index is 0.173. The molecule has 14 heavy (non-hydrogen) atoms. The first-order valence-electron chi connectivity index (χ1n) is 4.61. The fourth-order valence-electron chi connectivity index (χ4n) is 1.52. The van der Waals surface area contributed by atoms with Crippen molar-refractivity contribution < 1.29 is 12.7 Å². The van der Waals surface area contributed by atoms with E-state index in [4.69, 9.17) is 11.6 Å². The van der Waals surface area contributed by atoms with Gasteiger partial charge in [0.1, 0.15) is 5.17 Å². The monoisotopic (exact) mass is 239 g/mol. The second kappa shape index (κ2) is 4.98. The predicted molar refractivity (Wildman–Crippen MR) is 55.8 cm³/mol. The van der Waals surface area contributed by atoms with Crippen molar-refractivity contribution in [2.45, 2.75) is 32.1 Å². The lowest BCUT2D eigenvalue weighted by Crippen LogP contribution is -2.14. The SMILES string of the molecule is CS(=O)(=O)O/N=C(/Cl)C1CCCCC1. The first kappa shape index (κ1) is 11.8. The molecular formula is C8H14ClNO3S. The van der Waals surface area contributed by atoms with E-state index < -0.39 is 10.1 Å². The van der Waals surface area contributed by atoms with Crippen LogP contribution in [0.25, 0.3) is 0 Å². The number of hydrogen-bond acceptors (Lipinski definition) is 4. The second-order valence-corrected chi connectivity index (χ2v) is 5.47. The summed E-state index contributed by atoms with van der Waals surface area (Å²) in [6.45, 7) is 0. The summed E-state index contributed by atoms with van der Waals surface area (Å²) in [5.74, 6) is 0.173. The molecular weight excluding hydrogens is 226 g/mol. The summed E-state index contributed by atoms with van der Waals surface area (Å²) in [5.41, 5.74) is 0. The molecule has 0 heterocycles. The van der Waals surface area contributed by atoms with Crippen molar-refractivity contribution in [1.82, 2.24) is 0 Å². The zero-order valence-electron chi connectivity index (χ0n) is 8.07. The van der Waals surface area contributed by atoms with Gasteiger partial charge in [0.2, 0.25) is 0 Å². The molecule has 0 saturated heterocycles. The van der Waals surface area contributed by atoms with Gasteiger partial charge < -0.3 is 0 Å². The van der Waals surface area contributed by atoms with E-state index in [1.807, 2.05) is 0 Å². The lowest BCUT2D eigenvalue weighted by atomic mass is 9.90. The smallest absolute Gasteiger partial charge is 0.268 e. The predicted octanol–water partition coefficient (Wildman–Crippen LogP) is 2.10. The molecule has 0 spiro atoms. The molecule has 1 fully saturated rings. The summed E-state index contributed by atoms with van der Waals surface area (Å²) in [4.78, 5) is 0. The summed E-state index contributed by atoms with van der Waals surface area (Å²) in [7, 11) is -3.53. The molecule has 1 rings (SSSR count). The molecule has 0 aromatic carbocycles. The standard InChI is InChI=1S/C8H14ClNO3S/c1-14(11,12)13-10-8(9)7-5-3-2-4-6-7/h7H,2-6H2,1H3/b10-8+. The average Bonchev–Trinajstić information content (AvgIpc) is 2.14. The van der Waals surface area contributed by atoms with Crippen LogP contribution in [0.2, 0.25) is 0 Å². The van der Waals surface area contributed by atoms with Crippen LogP contribution < -0.4 is 0 Å². The molecule has 1 aliphatic carbocycles. The first-order chi connectivity index (χ1) is 6.49. The highest BCUT2D eigenvalue weighted by Crippen LogP contribution is 2.26. The van der Waals surface area contributed by atoms with E-state index in [9.17, 15) is 8.42 Å². The Hall–Kier alpha value is -0.290. The Morgan fingerprint density at radius 3 is 2.43 bits per heavy atom. The van der Waals surface area contributed by atoms with Crippen molar-refractivity contribution in [3.63, 3.8) is 0 Å². The van der Waals surface area contributed by atoms with Gasteiger partial charge in [0.05, 0.1) is 6.26 Å². The highest BCUT2D eigenvalue weighted by molar-refractivity contribution is 7.85. The molecule has 1 saturated carbocycles. The minimum atomic E-state index is -3.53. The maximum atomic E-state index is 10.6. The molecule has 6 heteroatoms. The Morgan fingerprint density at radius 2 is 1.93 bits per heavy atom. The van der Waals surface area contributed by atoms with Crippen molar-refractivity contribution in [2.24, 2.45) is 11.1 Å². The maximum Gasteiger partial charge on any atom is 0.325 e. The van der Waals surface area contributed by atoms with Crippen LogP contribution in [0.4, 0.5) is 0 Å². The van der Waals surface area contributed by atoms with Gasteiger partial charge >= 0.3 is 10.1 Å². The molecule has 0 bridgehead atoms. The molecule has 0 amide bonds. The van der Waals surface area contributed by atoms with E-state index >= 15 is 0 Å². The van der Waals surface area contributed by atoms with Crippen LogP contribution in [0.15, 0.2) is 5.16 Å². The van der Waals surface area contributed by atoms with Gasteiger partial charge in [-0.1, -0.05) is 36.0 Å². The third kappa shape index (κ3) is 4.28. The van der Waals surface area contributed by atoms with Gasteiger partial charge in [-0.2, -0.15) is 8.42 Å². The van der Waals surface area contributed by atoms with E-state index in [1.165, 1.54) is 6.42 Å². The van der Waals surface area contributed by atoms with E-state index in [2.05, 4.69) is 9.44 Å². The summed E-state index contributed by atoms with van der Waals surface area (Å²) in [5, 5.41) is 3.69. The van der Waals surface area contributed by atoms with Crippen LogP contribution in [0, 0.1) is 5.92 Å². The van der Waals surface area contributed by atoms with Crippen molar-refractivity contribution in [1.29, 1.82) is 0 Å². The summed E-state index contributed by atoms with van der Waals surface area (Å²) in [6.07, 6.45) is 6.34. The van der Waals surface area contributed by atoms with Crippen LogP contribution in [0.5, 0.6) is 0 Å². The lowest BCUT2D eigenvalue weighted by molar-refractivity contribution is 0.336. The van der Waals surface area contributed by atoms with E-state index in [0.29, 0.717) is 0 Å². The lowest BCUT2D eigenvalue weighted by Gasteiger charge is -2.18. The zero-order chi connectivity index (χ0) is 10.6. The second-order valence-electron chi connectivity index (χ2n) is 3.53. The van der Waals surface area contributed by atoms with Gasteiger partial charge in [-0.3, -0.25) is 4.28 Å². The van der Waals surface area contributed by atoms with E-state index in [-0.39, 0.29) is 11.1 Å². The van der Waals surface area contributed by atoms with Crippen LogP contribution in [0.3, 0.4) is 0 Å². The molecule has 0 unspecified atom stereocenters. The van der Waals surface area contributed by atoms with E-state index in [0.717, 1.165) is 31.9 Å². The summed E-state index contributed by atoms with van der Waals surface area (Å²) in [6, 6.07) is 0. The molecule has 0 radical (unpaired) electrons. The fourth-order valence-corrected chi connectivity index (χ4v) is 2.03. The van der Waals surface area contributed by atoms with Crippen molar-refractivity contribution in [2.75, 3.05) is 6.26 Å². The number of rotatable bonds is 3. The van der Waals surface area contributed by atoms with Gasteiger partial charge in [0, 0.05) is 5.92 Å². The van der Waals surface area contributed by atoms with Gasteiger partial charge in [-0.05, 0) is 12.8 Å². The van der Waals surface area contributed by atoms with E-state index in [1.54, 1.807) is 0 Å². The Balaban J connectivity index is 2.50. The number of halogens is 1. The van der Waals surface area contributed by atoms with Gasteiger partial charge in [0.15, 0.2) is 0 Å². The van der Waals surface area contributed by atoms with Gasteiger partial charge in [-0.15, -0.1) is 0 Å². The largest absolute Gasteiger partial charge is 0.325 e. The van der Waals surface area contributed by atoms with Crippen LogP contribution in [0.1, 0.15) is 32.1 Å². The Bertz CT molecular complexity index is 307. The van der Waals surface area contributed by atoms with Crippen molar-refractivity contribution in [3.8, 4) is 0 Å². The third-order valence-corrected chi connectivity index (χ3v) is 2.92. The maximum absolute atomic E-state index is 10.6. The molecule has 0 aromatic rings. The Labute approximate surface area is 89.4 Å². The molecule has 82 valence electrons. The Kier molecular flexibility index (Phi) is 4.19. The van der Waals surface area contributed by atoms with Crippen LogP contribution in [-0.2, 0) is 14.4 Å². The topological polar surface area (TPSA) is 55.7 Å². The number of nitrogens with zero attached hydrogens (tertiary/aromatic N) is 1. The van der Waals surface area contributed by atoms with Gasteiger partial charge in [0.25, 0.3) is 0 Å². The average molecular weight is 240 g/mol. The normalized spacial score (nSPS) is 20.9. The highest BCUT2D eigenvalue weighted by Gasteiger charge is 2.18. The summed E-state index contributed by atoms with van der Waals surface area (Å²) >= 11 is 5.83. The molecule has 1 aliphatic rings. The molecule has 0 N–H and O–H groups in total. The molecule has 4 nitrogen and oxygen atoms in total. The minimum Gasteiger partial charge on any atom is -0.268 e. The van der Waals surface area contributed by atoms with Gasteiger partial charge in [-0.25, -0.2) is 0 Å². The number of hydrogen-bond donors (Lipinski definition) is 0. The fraction of sp³-hybridized carbons (Fsp3) is 0.875. The van der Waals surface area contributed by atoms with Crippen molar-refractivity contribution >= 4 is 26.9 Å².